The largest absolute Gasteiger partial charge is 0.481 e. The minimum atomic E-state index is -0.223. The predicted octanol–water partition coefficient (Wildman–Crippen LogP) is 1.16. The second-order valence-electron chi connectivity index (χ2n) is 3.34. The van der Waals surface area contributed by atoms with Crippen LogP contribution in [0.1, 0.15) is 18.9 Å². The lowest BCUT2D eigenvalue weighted by molar-refractivity contribution is -0.142. The molecule has 1 aromatic rings. The highest BCUT2D eigenvalue weighted by Crippen LogP contribution is 2.19. The zero-order valence-corrected chi connectivity index (χ0v) is 10.3. The van der Waals surface area contributed by atoms with Crippen molar-refractivity contribution in [1.82, 2.24) is 9.97 Å². The monoisotopic (exact) mass is 239 g/mol. The maximum absolute atomic E-state index is 11.1. The molecular formula is C11H17N3O3. The normalized spacial score (nSPS) is 9.82. The Bertz CT molecular complexity index is 382. The van der Waals surface area contributed by atoms with Crippen molar-refractivity contribution >= 4 is 11.8 Å². The van der Waals surface area contributed by atoms with E-state index in [-0.39, 0.29) is 5.97 Å². The van der Waals surface area contributed by atoms with E-state index >= 15 is 0 Å². The van der Waals surface area contributed by atoms with Crippen LogP contribution in [0, 0.1) is 6.92 Å². The van der Waals surface area contributed by atoms with Crippen LogP contribution in [0.5, 0.6) is 5.88 Å². The number of esters is 1. The van der Waals surface area contributed by atoms with E-state index in [9.17, 15) is 4.79 Å². The Morgan fingerprint density at radius 1 is 1.47 bits per heavy atom. The van der Waals surface area contributed by atoms with Gasteiger partial charge in [-0.1, -0.05) is 0 Å². The minimum absolute atomic E-state index is 0.223. The average Bonchev–Trinajstić information content (AvgIpc) is 2.32. The summed E-state index contributed by atoms with van der Waals surface area (Å²) < 4.78 is 9.89. The molecule has 0 spiro atoms. The van der Waals surface area contributed by atoms with Gasteiger partial charge in [-0.15, -0.1) is 0 Å². The number of hydrogen-bond donors (Lipinski definition) is 1. The zero-order chi connectivity index (χ0) is 12.7. The van der Waals surface area contributed by atoms with Crippen LogP contribution in [0.3, 0.4) is 0 Å². The summed E-state index contributed by atoms with van der Waals surface area (Å²) in [5.74, 6) is 0.971. The Morgan fingerprint density at radius 2 is 2.24 bits per heavy atom. The number of rotatable bonds is 6. The molecule has 1 heterocycles. The van der Waals surface area contributed by atoms with E-state index < -0.39 is 0 Å². The molecule has 0 aromatic carbocycles. The van der Waals surface area contributed by atoms with Crippen LogP contribution in [0.2, 0.25) is 0 Å². The van der Waals surface area contributed by atoms with Crippen LogP contribution in [0.25, 0.3) is 0 Å². The van der Waals surface area contributed by atoms with Crippen molar-refractivity contribution in [3.05, 3.63) is 11.9 Å². The summed E-state index contributed by atoms with van der Waals surface area (Å²) in [5.41, 5.74) is 0.818. The molecule has 0 saturated carbocycles. The van der Waals surface area contributed by atoms with Crippen molar-refractivity contribution in [2.24, 2.45) is 0 Å². The quantitative estimate of drug-likeness (QED) is 0.751. The molecular weight excluding hydrogens is 222 g/mol. The fraction of sp³-hybridized carbons (Fsp3) is 0.545. The summed E-state index contributed by atoms with van der Waals surface area (Å²) in [7, 11) is 1.55. The SMILES string of the molecule is CCOC(=O)CCNc1ncnc(OC)c1C. The summed E-state index contributed by atoms with van der Waals surface area (Å²) in [6, 6.07) is 0. The third-order valence-corrected chi connectivity index (χ3v) is 2.16. The summed E-state index contributed by atoms with van der Waals surface area (Å²) in [6.07, 6.45) is 1.72. The number of aromatic nitrogens is 2. The molecule has 6 nitrogen and oxygen atoms in total. The lowest BCUT2D eigenvalue weighted by atomic mass is 10.3. The van der Waals surface area contributed by atoms with Gasteiger partial charge < -0.3 is 14.8 Å². The van der Waals surface area contributed by atoms with Crippen LogP contribution in [0.15, 0.2) is 6.33 Å². The molecule has 0 saturated heterocycles. The van der Waals surface area contributed by atoms with Crippen molar-refractivity contribution in [3.63, 3.8) is 0 Å². The summed E-state index contributed by atoms with van der Waals surface area (Å²) in [4.78, 5) is 19.2. The highest BCUT2D eigenvalue weighted by atomic mass is 16.5. The van der Waals surface area contributed by atoms with Gasteiger partial charge in [-0.2, -0.15) is 0 Å². The van der Waals surface area contributed by atoms with Gasteiger partial charge in [0.1, 0.15) is 12.1 Å². The van der Waals surface area contributed by atoms with Crippen molar-refractivity contribution in [2.75, 3.05) is 25.6 Å². The number of carbonyl (C=O) groups is 1. The topological polar surface area (TPSA) is 73.3 Å². The van der Waals surface area contributed by atoms with Gasteiger partial charge in [-0.05, 0) is 13.8 Å². The molecule has 0 aliphatic heterocycles. The maximum atomic E-state index is 11.1. The van der Waals surface area contributed by atoms with Gasteiger partial charge in [0.05, 0.1) is 25.7 Å². The maximum Gasteiger partial charge on any atom is 0.307 e. The number of methoxy groups -OCH3 is 1. The molecule has 0 amide bonds. The fourth-order valence-electron chi connectivity index (χ4n) is 1.33. The standard InChI is InChI=1S/C11H17N3O3/c1-4-17-9(15)5-6-12-10-8(2)11(16-3)14-7-13-10/h7H,4-6H2,1-3H3,(H,12,13,14). The molecule has 6 heteroatoms. The van der Waals surface area contributed by atoms with Crippen LogP contribution in [-0.2, 0) is 9.53 Å². The van der Waals surface area contributed by atoms with Crippen molar-refractivity contribution in [2.45, 2.75) is 20.3 Å². The van der Waals surface area contributed by atoms with Crippen LogP contribution in [-0.4, -0.2) is 36.2 Å². The highest BCUT2D eigenvalue weighted by Gasteiger charge is 2.07. The number of carbonyl (C=O) groups excluding carboxylic acids is 1. The van der Waals surface area contributed by atoms with Gasteiger partial charge >= 0.3 is 5.97 Å². The first-order chi connectivity index (χ1) is 8.19. The molecule has 0 unspecified atom stereocenters. The Labute approximate surface area is 100 Å². The van der Waals surface area contributed by atoms with Gasteiger partial charge in [0, 0.05) is 6.54 Å². The highest BCUT2D eigenvalue weighted by molar-refractivity contribution is 5.70. The first-order valence-electron chi connectivity index (χ1n) is 5.44. The van der Waals surface area contributed by atoms with Crippen molar-refractivity contribution in [1.29, 1.82) is 0 Å². The van der Waals surface area contributed by atoms with E-state index in [0.29, 0.717) is 31.3 Å². The molecule has 1 N–H and O–H groups in total. The Balaban J connectivity index is 2.49. The van der Waals surface area contributed by atoms with Gasteiger partial charge in [-0.3, -0.25) is 4.79 Å². The second kappa shape index (κ2) is 6.67. The molecule has 0 radical (unpaired) electrons. The molecule has 17 heavy (non-hydrogen) atoms. The smallest absolute Gasteiger partial charge is 0.307 e. The second-order valence-corrected chi connectivity index (χ2v) is 3.34. The number of nitrogens with one attached hydrogen (secondary N) is 1. The summed E-state index contributed by atoms with van der Waals surface area (Å²) >= 11 is 0. The van der Waals surface area contributed by atoms with Gasteiger partial charge in [0.25, 0.3) is 0 Å². The van der Waals surface area contributed by atoms with E-state index in [2.05, 4.69) is 15.3 Å². The summed E-state index contributed by atoms with van der Waals surface area (Å²) in [6.45, 7) is 4.51. The Morgan fingerprint density at radius 3 is 2.88 bits per heavy atom. The zero-order valence-electron chi connectivity index (χ0n) is 10.3. The number of anilines is 1. The van der Waals surface area contributed by atoms with Gasteiger partial charge in [0.2, 0.25) is 5.88 Å². The average molecular weight is 239 g/mol. The lowest BCUT2D eigenvalue weighted by Crippen LogP contribution is -2.13. The van der Waals surface area contributed by atoms with Crippen molar-refractivity contribution < 1.29 is 14.3 Å². The van der Waals surface area contributed by atoms with Crippen molar-refractivity contribution in [3.8, 4) is 5.88 Å². The van der Waals surface area contributed by atoms with E-state index in [1.54, 1.807) is 14.0 Å². The number of nitrogens with zero attached hydrogens (tertiary/aromatic N) is 2. The number of hydrogen-bond acceptors (Lipinski definition) is 6. The molecule has 94 valence electrons. The van der Waals surface area contributed by atoms with Crippen LogP contribution >= 0.6 is 0 Å². The van der Waals surface area contributed by atoms with E-state index in [0.717, 1.165) is 5.56 Å². The lowest BCUT2D eigenvalue weighted by Gasteiger charge is -2.09. The summed E-state index contributed by atoms with van der Waals surface area (Å²) in [5, 5.41) is 3.05. The number of ether oxygens (including phenoxy) is 2. The van der Waals surface area contributed by atoms with Gasteiger partial charge in [0.15, 0.2) is 0 Å². The Kier molecular flexibility index (Phi) is 5.19. The van der Waals surface area contributed by atoms with Crippen LogP contribution in [0.4, 0.5) is 5.82 Å². The predicted molar refractivity (Wildman–Crippen MR) is 63.1 cm³/mol. The molecule has 1 rings (SSSR count). The molecule has 0 atom stereocenters. The molecule has 0 aliphatic rings. The van der Waals surface area contributed by atoms with E-state index in [1.807, 2.05) is 6.92 Å². The molecule has 0 bridgehead atoms. The van der Waals surface area contributed by atoms with E-state index in [4.69, 9.17) is 9.47 Å². The third-order valence-electron chi connectivity index (χ3n) is 2.16. The fourth-order valence-corrected chi connectivity index (χ4v) is 1.33. The molecule has 1 aromatic heterocycles. The minimum Gasteiger partial charge on any atom is -0.481 e. The third kappa shape index (κ3) is 3.90. The van der Waals surface area contributed by atoms with Gasteiger partial charge in [-0.25, -0.2) is 9.97 Å². The molecule has 0 aliphatic carbocycles. The van der Waals surface area contributed by atoms with E-state index in [1.165, 1.54) is 6.33 Å². The van der Waals surface area contributed by atoms with Crippen LogP contribution < -0.4 is 10.1 Å². The first-order valence-corrected chi connectivity index (χ1v) is 5.44. The Hall–Kier alpha value is -1.85. The molecule has 0 fully saturated rings. The first kappa shape index (κ1) is 13.2.